The van der Waals surface area contributed by atoms with Crippen LogP contribution in [0.5, 0.6) is 5.75 Å². The first-order chi connectivity index (χ1) is 15.2. The fraction of sp³-hybridized carbons (Fsp3) is 0.240. The van der Waals surface area contributed by atoms with Gasteiger partial charge in [-0.1, -0.05) is 53.7 Å². The molecule has 0 atom stereocenters. The highest BCUT2D eigenvalue weighted by Crippen LogP contribution is 2.20. The van der Waals surface area contributed by atoms with E-state index in [1.807, 2.05) is 60.7 Å². The van der Waals surface area contributed by atoms with Crippen molar-refractivity contribution >= 4 is 11.7 Å². The van der Waals surface area contributed by atoms with Gasteiger partial charge in [0.25, 0.3) is 0 Å². The molecule has 3 rings (SSSR count). The summed E-state index contributed by atoms with van der Waals surface area (Å²) in [6.45, 7) is 0.192. The maximum absolute atomic E-state index is 10.7. The third-order valence-electron chi connectivity index (χ3n) is 4.64. The number of carbonyl (C=O) groups is 1. The van der Waals surface area contributed by atoms with Crippen LogP contribution in [0.3, 0.4) is 0 Å². The Morgan fingerprint density at radius 2 is 1.68 bits per heavy atom. The molecule has 160 valence electrons. The molecule has 2 aromatic carbocycles. The number of para-hydroxylation sites is 1. The molecule has 0 bridgehead atoms. The Morgan fingerprint density at radius 3 is 2.45 bits per heavy atom. The summed E-state index contributed by atoms with van der Waals surface area (Å²) in [6.07, 6.45) is 7.13. The summed E-state index contributed by atoms with van der Waals surface area (Å²) >= 11 is 0. The van der Waals surface area contributed by atoms with Crippen LogP contribution in [-0.4, -0.2) is 35.0 Å². The lowest BCUT2D eigenvalue weighted by molar-refractivity contribution is -0.139. The number of carboxylic acid groups (broad SMARTS) is 1. The normalized spacial score (nSPS) is 11.2. The number of hydrogen-bond acceptors (Lipinski definition) is 5. The highest BCUT2D eigenvalue weighted by atomic mass is 16.6. The molecule has 0 fully saturated rings. The minimum atomic E-state index is -0.978. The Balaban J connectivity index is 1.47. The zero-order valence-electron chi connectivity index (χ0n) is 17.3. The van der Waals surface area contributed by atoms with Crippen molar-refractivity contribution in [2.45, 2.75) is 25.7 Å². The topological polar surface area (TPSA) is 81.0 Å². The van der Waals surface area contributed by atoms with Gasteiger partial charge in [0, 0.05) is 23.5 Å². The van der Waals surface area contributed by atoms with E-state index in [0.29, 0.717) is 12.4 Å². The van der Waals surface area contributed by atoms with Crippen molar-refractivity contribution in [3.05, 3.63) is 95.8 Å². The van der Waals surface area contributed by atoms with Crippen LogP contribution in [0.25, 0.3) is 0 Å². The first-order valence-corrected chi connectivity index (χ1v) is 10.3. The number of aliphatic carboxylic acids is 1. The summed E-state index contributed by atoms with van der Waals surface area (Å²) in [6, 6.07) is 21.3. The first-order valence-electron chi connectivity index (χ1n) is 10.3. The number of benzene rings is 2. The van der Waals surface area contributed by atoms with E-state index in [2.05, 4.69) is 10.1 Å². The molecular weight excluding hydrogens is 392 g/mol. The molecule has 0 amide bonds. The highest BCUT2D eigenvalue weighted by Gasteiger charge is 2.08. The molecule has 3 aromatic rings. The first kappa shape index (κ1) is 22.0. The van der Waals surface area contributed by atoms with Gasteiger partial charge >= 0.3 is 5.97 Å². The van der Waals surface area contributed by atoms with Gasteiger partial charge in [-0.05, 0) is 49.4 Å². The molecule has 0 saturated heterocycles. The lowest BCUT2D eigenvalue weighted by Crippen LogP contribution is -2.10. The quantitative estimate of drug-likeness (QED) is 0.261. The molecule has 0 aliphatic rings. The molecule has 0 unspecified atom stereocenters. The number of unbranched alkanes of at least 4 members (excludes halogenated alkanes) is 2. The van der Waals surface area contributed by atoms with E-state index in [1.165, 1.54) is 0 Å². The van der Waals surface area contributed by atoms with Crippen LogP contribution in [0.4, 0.5) is 0 Å². The largest absolute Gasteiger partial charge is 0.482 e. The van der Waals surface area contributed by atoms with Crippen molar-refractivity contribution in [2.75, 3.05) is 13.2 Å². The SMILES string of the molecule is O=C(O)COc1ccccc1CCCCCO/N=C(/c1ccccc1)c1cccnc1. The maximum Gasteiger partial charge on any atom is 0.341 e. The fourth-order valence-corrected chi connectivity index (χ4v) is 3.13. The highest BCUT2D eigenvalue weighted by molar-refractivity contribution is 6.12. The zero-order valence-corrected chi connectivity index (χ0v) is 17.3. The summed E-state index contributed by atoms with van der Waals surface area (Å²) in [5.74, 6) is -0.344. The molecule has 0 radical (unpaired) electrons. The number of carboxylic acids is 1. The summed E-state index contributed by atoms with van der Waals surface area (Å²) in [4.78, 5) is 20.5. The molecular formula is C25H26N2O4. The summed E-state index contributed by atoms with van der Waals surface area (Å²) in [5.41, 5.74) is 3.67. The second kappa shape index (κ2) is 12.1. The van der Waals surface area contributed by atoms with Crippen LogP contribution < -0.4 is 4.74 Å². The van der Waals surface area contributed by atoms with Crippen molar-refractivity contribution in [3.63, 3.8) is 0 Å². The predicted octanol–water partition coefficient (Wildman–Crippen LogP) is 4.73. The van der Waals surface area contributed by atoms with Crippen molar-refractivity contribution in [1.29, 1.82) is 0 Å². The molecule has 0 aliphatic carbocycles. The van der Waals surface area contributed by atoms with Crippen LogP contribution >= 0.6 is 0 Å². The smallest absolute Gasteiger partial charge is 0.341 e. The summed E-state index contributed by atoms with van der Waals surface area (Å²) in [5, 5.41) is 13.2. The van der Waals surface area contributed by atoms with Crippen molar-refractivity contribution in [1.82, 2.24) is 4.98 Å². The molecule has 1 aromatic heterocycles. The van der Waals surface area contributed by atoms with E-state index < -0.39 is 5.97 Å². The summed E-state index contributed by atoms with van der Waals surface area (Å²) in [7, 11) is 0. The van der Waals surface area contributed by atoms with Gasteiger partial charge in [0.15, 0.2) is 6.61 Å². The number of rotatable bonds is 12. The van der Waals surface area contributed by atoms with Gasteiger partial charge in [-0.2, -0.15) is 0 Å². The Labute approximate surface area is 182 Å². The number of oxime groups is 1. The molecule has 6 heteroatoms. The van der Waals surface area contributed by atoms with E-state index >= 15 is 0 Å². The Kier molecular flexibility index (Phi) is 8.61. The minimum Gasteiger partial charge on any atom is -0.482 e. The standard InChI is InChI=1S/C25H26N2O4/c28-24(29)19-30-23-15-7-6-11-20(23)10-5-2-8-17-31-27-25(21-12-3-1-4-13-21)22-14-9-16-26-18-22/h1,3-4,6-7,9,11-16,18H,2,5,8,10,17,19H2,(H,28,29)/b27-25-. The molecule has 6 nitrogen and oxygen atoms in total. The Hall–Kier alpha value is -3.67. The number of hydrogen-bond donors (Lipinski definition) is 1. The zero-order chi connectivity index (χ0) is 21.7. The van der Waals surface area contributed by atoms with Gasteiger partial charge in [-0.15, -0.1) is 0 Å². The number of nitrogens with zero attached hydrogens (tertiary/aromatic N) is 2. The predicted molar refractivity (Wildman–Crippen MR) is 119 cm³/mol. The average molecular weight is 418 g/mol. The third-order valence-corrected chi connectivity index (χ3v) is 4.64. The van der Waals surface area contributed by atoms with Crippen LogP contribution in [0.1, 0.15) is 36.0 Å². The number of ether oxygens (including phenoxy) is 1. The van der Waals surface area contributed by atoms with Crippen molar-refractivity contribution in [3.8, 4) is 5.75 Å². The molecule has 0 aliphatic heterocycles. The van der Waals surface area contributed by atoms with E-state index in [1.54, 1.807) is 18.5 Å². The molecule has 0 saturated carbocycles. The monoisotopic (exact) mass is 418 g/mol. The van der Waals surface area contributed by atoms with Crippen LogP contribution in [0.15, 0.2) is 84.3 Å². The van der Waals surface area contributed by atoms with Gasteiger partial charge in [0.05, 0.1) is 0 Å². The number of aryl methyl sites for hydroxylation is 1. The van der Waals surface area contributed by atoms with E-state index in [0.717, 1.165) is 48.1 Å². The van der Waals surface area contributed by atoms with E-state index in [-0.39, 0.29) is 6.61 Å². The van der Waals surface area contributed by atoms with Crippen molar-refractivity contribution < 1.29 is 19.5 Å². The van der Waals surface area contributed by atoms with Gasteiger partial charge in [-0.3, -0.25) is 4.98 Å². The lowest BCUT2D eigenvalue weighted by atomic mass is 10.0. The van der Waals surface area contributed by atoms with Gasteiger partial charge < -0.3 is 14.7 Å². The lowest BCUT2D eigenvalue weighted by Gasteiger charge is -2.10. The molecule has 31 heavy (non-hydrogen) atoms. The average Bonchev–Trinajstić information content (AvgIpc) is 2.81. The minimum absolute atomic E-state index is 0.330. The van der Waals surface area contributed by atoms with E-state index in [4.69, 9.17) is 14.7 Å². The summed E-state index contributed by atoms with van der Waals surface area (Å²) < 4.78 is 5.36. The fourth-order valence-electron chi connectivity index (χ4n) is 3.13. The second-order valence-electron chi connectivity index (χ2n) is 6.98. The van der Waals surface area contributed by atoms with Crippen LogP contribution in [-0.2, 0) is 16.1 Å². The maximum atomic E-state index is 10.7. The van der Waals surface area contributed by atoms with Crippen molar-refractivity contribution in [2.24, 2.45) is 5.16 Å². The third kappa shape index (κ3) is 7.26. The second-order valence-corrected chi connectivity index (χ2v) is 6.98. The number of aromatic nitrogens is 1. The van der Waals surface area contributed by atoms with Gasteiger partial charge in [0.2, 0.25) is 0 Å². The molecule has 0 spiro atoms. The van der Waals surface area contributed by atoms with E-state index in [9.17, 15) is 4.79 Å². The van der Waals surface area contributed by atoms with Crippen LogP contribution in [0, 0.1) is 0 Å². The molecule has 1 heterocycles. The molecule has 1 N–H and O–H groups in total. The van der Waals surface area contributed by atoms with Gasteiger partial charge in [0.1, 0.15) is 18.1 Å². The number of pyridine rings is 1. The van der Waals surface area contributed by atoms with Gasteiger partial charge in [-0.25, -0.2) is 4.79 Å². The van der Waals surface area contributed by atoms with Crippen LogP contribution in [0.2, 0.25) is 0 Å². The Morgan fingerprint density at radius 1 is 0.903 bits per heavy atom. The Bertz CT molecular complexity index is 934.